The summed E-state index contributed by atoms with van der Waals surface area (Å²) in [6.07, 6.45) is -0.209. The van der Waals surface area contributed by atoms with Crippen LogP contribution in [0.25, 0.3) is 0 Å². The van der Waals surface area contributed by atoms with Crippen LogP contribution in [0.5, 0.6) is 5.75 Å². The summed E-state index contributed by atoms with van der Waals surface area (Å²) in [5, 5.41) is 19.8. The van der Waals surface area contributed by atoms with Crippen LogP contribution < -0.4 is 4.74 Å². The number of nitro benzene ring substituents is 1. The van der Waals surface area contributed by atoms with Crippen LogP contribution in [-0.4, -0.2) is 22.7 Å². The molecule has 1 atom stereocenters. The molecule has 0 amide bonds. The van der Waals surface area contributed by atoms with E-state index >= 15 is 0 Å². The van der Waals surface area contributed by atoms with Gasteiger partial charge in [0.2, 0.25) is 0 Å². The quantitative estimate of drug-likeness (QED) is 0.618. The van der Waals surface area contributed by atoms with Gasteiger partial charge in [-0.2, -0.15) is 0 Å². The molecule has 1 N–H and O–H groups in total. The highest BCUT2D eigenvalue weighted by atomic mass is 19.1. The van der Waals surface area contributed by atoms with Gasteiger partial charge in [-0.15, -0.1) is 0 Å². The minimum absolute atomic E-state index is 0.0427. The predicted molar refractivity (Wildman–Crippen MR) is 54.8 cm³/mol. The lowest BCUT2D eigenvalue weighted by molar-refractivity contribution is -0.386. The molecule has 0 spiro atoms. The molecule has 0 saturated heterocycles. The summed E-state index contributed by atoms with van der Waals surface area (Å²) >= 11 is 0. The number of ether oxygens (including phenoxy) is 1. The molecule has 0 aliphatic carbocycles. The predicted octanol–water partition coefficient (Wildman–Crippen LogP) is 1.88. The highest BCUT2D eigenvalue weighted by Crippen LogP contribution is 2.27. The SMILES string of the molecule is CCC(O)COc1ccc(F)cc1[N+](=O)[O-]. The molecular weight excluding hydrogens is 217 g/mol. The number of aliphatic hydroxyl groups is 1. The largest absolute Gasteiger partial charge is 0.484 e. The van der Waals surface area contributed by atoms with Crippen LogP contribution in [0.15, 0.2) is 18.2 Å². The van der Waals surface area contributed by atoms with Gasteiger partial charge in [-0.05, 0) is 18.6 Å². The molecule has 0 bridgehead atoms. The Balaban J connectivity index is 2.82. The Morgan fingerprint density at radius 2 is 2.31 bits per heavy atom. The van der Waals surface area contributed by atoms with Gasteiger partial charge in [0.05, 0.1) is 17.1 Å². The lowest BCUT2D eigenvalue weighted by atomic mass is 10.2. The molecule has 0 aliphatic heterocycles. The summed E-state index contributed by atoms with van der Waals surface area (Å²) in [4.78, 5) is 9.86. The number of nitro groups is 1. The van der Waals surface area contributed by atoms with Gasteiger partial charge in [0.1, 0.15) is 12.4 Å². The summed E-state index contributed by atoms with van der Waals surface area (Å²) < 4.78 is 17.8. The number of aliphatic hydroxyl groups excluding tert-OH is 1. The van der Waals surface area contributed by atoms with Crippen molar-refractivity contribution in [2.75, 3.05) is 6.61 Å². The molecule has 88 valence electrons. The van der Waals surface area contributed by atoms with Crippen LogP contribution in [0.2, 0.25) is 0 Å². The summed E-state index contributed by atoms with van der Waals surface area (Å²) in [6.45, 7) is 1.70. The first-order valence-corrected chi connectivity index (χ1v) is 4.79. The zero-order valence-electron chi connectivity index (χ0n) is 8.72. The van der Waals surface area contributed by atoms with Crippen LogP contribution in [0.1, 0.15) is 13.3 Å². The van der Waals surface area contributed by atoms with E-state index in [0.717, 1.165) is 12.1 Å². The number of nitrogens with zero attached hydrogens (tertiary/aromatic N) is 1. The lowest BCUT2D eigenvalue weighted by Crippen LogP contribution is -2.16. The fourth-order valence-electron chi connectivity index (χ4n) is 1.06. The first kappa shape index (κ1) is 12.4. The Kier molecular flexibility index (Phi) is 4.19. The summed E-state index contributed by atoms with van der Waals surface area (Å²) in [7, 11) is 0. The van der Waals surface area contributed by atoms with Gasteiger partial charge in [-0.1, -0.05) is 6.92 Å². The number of hydrogen-bond donors (Lipinski definition) is 1. The number of hydrogen-bond acceptors (Lipinski definition) is 4. The molecule has 16 heavy (non-hydrogen) atoms. The average Bonchev–Trinajstić information content (AvgIpc) is 2.26. The highest BCUT2D eigenvalue weighted by Gasteiger charge is 2.16. The van der Waals surface area contributed by atoms with E-state index in [1.165, 1.54) is 6.07 Å². The van der Waals surface area contributed by atoms with Gasteiger partial charge in [0.25, 0.3) is 0 Å². The molecule has 0 heterocycles. The van der Waals surface area contributed by atoms with E-state index in [0.29, 0.717) is 6.42 Å². The third kappa shape index (κ3) is 3.16. The molecule has 1 aromatic carbocycles. The Hall–Kier alpha value is -1.69. The fourth-order valence-corrected chi connectivity index (χ4v) is 1.06. The minimum Gasteiger partial charge on any atom is -0.484 e. The van der Waals surface area contributed by atoms with E-state index in [4.69, 9.17) is 4.74 Å². The molecular formula is C10H12FNO4. The van der Waals surface area contributed by atoms with E-state index in [9.17, 15) is 19.6 Å². The Bertz CT molecular complexity index is 383. The van der Waals surface area contributed by atoms with Crippen molar-refractivity contribution in [1.82, 2.24) is 0 Å². The van der Waals surface area contributed by atoms with Crippen LogP contribution in [0, 0.1) is 15.9 Å². The van der Waals surface area contributed by atoms with Gasteiger partial charge in [-0.3, -0.25) is 10.1 Å². The van der Waals surface area contributed by atoms with Crippen molar-refractivity contribution in [3.8, 4) is 5.75 Å². The molecule has 6 heteroatoms. The van der Waals surface area contributed by atoms with E-state index in [2.05, 4.69) is 0 Å². The van der Waals surface area contributed by atoms with Crippen molar-refractivity contribution < 1.29 is 19.2 Å². The van der Waals surface area contributed by atoms with Gasteiger partial charge in [-0.25, -0.2) is 4.39 Å². The zero-order chi connectivity index (χ0) is 12.1. The van der Waals surface area contributed by atoms with E-state index in [1.54, 1.807) is 6.92 Å². The molecule has 1 aromatic rings. The van der Waals surface area contributed by atoms with Crippen LogP contribution >= 0.6 is 0 Å². The van der Waals surface area contributed by atoms with E-state index in [1.807, 2.05) is 0 Å². The molecule has 1 unspecified atom stereocenters. The van der Waals surface area contributed by atoms with Crippen LogP contribution in [0.3, 0.4) is 0 Å². The van der Waals surface area contributed by atoms with Crippen LogP contribution in [-0.2, 0) is 0 Å². The van der Waals surface area contributed by atoms with E-state index in [-0.39, 0.29) is 12.4 Å². The molecule has 0 saturated carbocycles. The normalized spacial score (nSPS) is 12.2. The first-order valence-electron chi connectivity index (χ1n) is 4.79. The first-order chi connectivity index (χ1) is 7.54. The molecule has 5 nitrogen and oxygen atoms in total. The van der Waals surface area contributed by atoms with Crippen molar-refractivity contribution >= 4 is 5.69 Å². The van der Waals surface area contributed by atoms with Crippen molar-refractivity contribution in [1.29, 1.82) is 0 Å². The van der Waals surface area contributed by atoms with Gasteiger partial charge >= 0.3 is 5.69 Å². The maximum Gasteiger partial charge on any atom is 0.313 e. The van der Waals surface area contributed by atoms with Gasteiger partial charge in [0.15, 0.2) is 5.75 Å². The zero-order valence-corrected chi connectivity index (χ0v) is 8.72. The molecule has 0 aromatic heterocycles. The molecule has 0 radical (unpaired) electrons. The summed E-state index contributed by atoms with van der Waals surface area (Å²) in [6, 6.07) is 3.03. The molecule has 1 rings (SSSR count). The Morgan fingerprint density at radius 3 is 2.88 bits per heavy atom. The molecule has 0 fully saturated rings. The second kappa shape index (κ2) is 5.41. The minimum atomic E-state index is -0.725. The van der Waals surface area contributed by atoms with E-state index < -0.39 is 22.5 Å². The fraction of sp³-hybridized carbons (Fsp3) is 0.400. The Labute approximate surface area is 91.6 Å². The van der Waals surface area contributed by atoms with Gasteiger partial charge in [0, 0.05) is 0 Å². The lowest BCUT2D eigenvalue weighted by Gasteiger charge is -2.10. The Morgan fingerprint density at radius 1 is 1.62 bits per heavy atom. The smallest absolute Gasteiger partial charge is 0.313 e. The van der Waals surface area contributed by atoms with Crippen molar-refractivity contribution in [3.05, 3.63) is 34.1 Å². The second-order valence-corrected chi connectivity index (χ2v) is 3.24. The maximum absolute atomic E-state index is 12.8. The number of benzene rings is 1. The van der Waals surface area contributed by atoms with Crippen molar-refractivity contribution in [2.24, 2.45) is 0 Å². The van der Waals surface area contributed by atoms with Crippen molar-refractivity contribution in [2.45, 2.75) is 19.4 Å². The monoisotopic (exact) mass is 229 g/mol. The highest BCUT2D eigenvalue weighted by molar-refractivity contribution is 5.46. The third-order valence-electron chi connectivity index (χ3n) is 2.02. The standard InChI is InChI=1S/C10H12FNO4/c1-2-8(13)6-16-10-4-3-7(11)5-9(10)12(14)15/h3-5,8,13H,2,6H2,1H3. The number of rotatable bonds is 5. The topological polar surface area (TPSA) is 72.6 Å². The maximum atomic E-state index is 12.8. The molecule has 0 aliphatic rings. The number of halogens is 1. The van der Waals surface area contributed by atoms with Gasteiger partial charge < -0.3 is 9.84 Å². The summed E-state index contributed by atoms with van der Waals surface area (Å²) in [5.41, 5.74) is -0.441. The van der Waals surface area contributed by atoms with Crippen molar-refractivity contribution in [3.63, 3.8) is 0 Å². The summed E-state index contributed by atoms with van der Waals surface area (Å²) in [5.74, 6) is -0.742. The van der Waals surface area contributed by atoms with Crippen LogP contribution in [0.4, 0.5) is 10.1 Å². The second-order valence-electron chi connectivity index (χ2n) is 3.24. The average molecular weight is 229 g/mol. The third-order valence-corrected chi connectivity index (χ3v) is 2.02.